The van der Waals surface area contributed by atoms with Gasteiger partial charge in [0.15, 0.2) is 0 Å². The number of nitrogens with one attached hydrogen (secondary N) is 1. The Bertz CT molecular complexity index is 387. The molecule has 1 atom stereocenters. The van der Waals surface area contributed by atoms with Gasteiger partial charge in [0, 0.05) is 7.11 Å². The van der Waals surface area contributed by atoms with E-state index in [2.05, 4.69) is 5.32 Å². The maximum Gasteiger partial charge on any atom is 0.406 e. The summed E-state index contributed by atoms with van der Waals surface area (Å²) in [6.45, 7) is 0.224. The molecule has 18 heavy (non-hydrogen) atoms. The van der Waals surface area contributed by atoms with Crippen LogP contribution in [0.4, 0.5) is 13.2 Å². The Morgan fingerprint density at radius 2 is 1.89 bits per heavy atom. The van der Waals surface area contributed by atoms with E-state index >= 15 is 0 Å². The van der Waals surface area contributed by atoms with E-state index in [4.69, 9.17) is 4.74 Å². The average Bonchev–Trinajstić information content (AvgIpc) is 3.10. The van der Waals surface area contributed by atoms with E-state index in [0.717, 1.165) is 5.56 Å². The topological polar surface area (TPSA) is 21.3 Å². The lowest BCUT2D eigenvalue weighted by molar-refractivity contribution is -0.168. The fourth-order valence-electron chi connectivity index (χ4n) is 2.04. The average molecular weight is 259 g/mol. The molecule has 1 aromatic carbocycles. The SMILES string of the molecule is COCC(NC1(C(F)(F)F)CC1)c1ccccc1. The minimum atomic E-state index is -4.20. The summed E-state index contributed by atoms with van der Waals surface area (Å²) < 4.78 is 43.7. The quantitative estimate of drug-likeness (QED) is 0.877. The number of alkyl halides is 3. The molecule has 2 nitrogen and oxygen atoms in total. The van der Waals surface area contributed by atoms with Crippen molar-refractivity contribution in [1.82, 2.24) is 5.32 Å². The number of hydrogen-bond donors (Lipinski definition) is 1. The summed E-state index contributed by atoms with van der Waals surface area (Å²) in [5, 5.41) is 2.71. The molecule has 0 aromatic heterocycles. The van der Waals surface area contributed by atoms with Crippen molar-refractivity contribution in [2.75, 3.05) is 13.7 Å². The van der Waals surface area contributed by atoms with Gasteiger partial charge in [-0.25, -0.2) is 0 Å². The standard InChI is InChI=1S/C13H16F3NO/c1-18-9-11(10-5-3-2-4-6-10)17-12(7-8-12)13(14,15)16/h2-6,11,17H,7-9H2,1H3. The summed E-state index contributed by atoms with van der Waals surface area (Å²) in [5.41, 5.74) is -0.902. The van der Waals surface area contributed by atoms with Crippen molar-refractivity contribution in [3.8, 4) is 0 Å². The molecule has 5 heteroatoms. The van der Waals surface area contributed by atoms with Gasteiger partial charge in [-0.1, -0.05) is 30.3 Å². The van der Waals surface area contributed by atoms with Crippen LogP contribution in [0.1, 0.15) is 24.4 Å². The molecule has 0 spiro atoms. The van der Waals surface area contributed by atoms with Crippen molar-refractivity contribution in [3.63, 3.8) is 0 Å². The number of methoxy groups -OCH3 is 1. The third-order valence-corrected chi connectivity index (χ3v) is 3.28. The maximum absolute atomic E-state index is 12.9. The van der Waals surface area contributed by atoms with E-state index in [0.29, 0.717) is 0 Å². The molecular weight excluding hydrogens is 243 g/mol. The lowest BCUT2D eigenvalue weighted by Gasteiger charge is -2.27. The van der Waals surface area contributed by atoms with Gasteiger partial charge in [-0.05, 0) is 18.4 Å². The van der Waals surface area contributed by atoms with Crippen molar-refractivity contribution in [1.29, 1.82) is 0 Å². The van der Waals surface area contributed by atoms with Crippen LogP contribution in [0.25, 0.3) is 0 Å². The summed E-state index contributed by atoms with van der Waals surface area (Å²) >= 11 is 0. The summed E-state index contributed by atoms with van der Waals surface area (Å²) in [7, 11) is 1.49. The normalized spacial score (nSPS) is 19.6. The summed E-state index contributed by atoms with van der Waals surface area (Å²) in [6, 6.07) is 8.65. The van der Waals surface area contributed by atoms with E-state index < -0.39 is 17.8 Å². The van der Waals surface area contributed by atoms with Gasteiger partial charge in [0.1, 0.15) is 5.54 Å². The van der Waals surface area contributed by atoms with Crippen LogP contribution in [0.15, 0.2) is 30.3 Å². The number of ether oxygens (including phenoxy) is 1. The van der Waals surface area contributed by atoms with Gasteiger partial charge in [0.2, 0.25) is 0 Å². The van der Waals surface area contributed by atoms with E-state index in [1.165, 1.54) is 7.11 Å². The Kier molecular flexibility index (Phi) is 3.64. The van der Waals surface area contributed by atoms with Crippen LogP contribution in [0, 0.1) is 0 Å². The molecule has 0 saturated heterocycles. The molecule has 0 amide bonds. The highest BCUT2D eigenvalue weighted by molar-refractivity contribution is 5.21. The van der Waals surface area contributed by atoms with Crippen molar-refractivity contribution >= 4 is 0 Å². The second-order valence-corrected chi connectivity index (χ2v) is 4.64. The van der Waals surface area contributed by atoms with Crippen LogP contribution in [0.2, 0.25) is 0 Å². The van der Waals surface area contributed by atoms with E-state index in [-0.39, 0.29) is 19.4 Å². The number of hydrogen-bond acceptors (Lipinski definition) is 2. The van der Waals surface area contributed by atoms with Gasteiger partial charge < -0.3 is 4.74 Å². The third-order valence-electron chi connectivity index (χ3n) is 3.28. The molecule has 0 radical (unpaired) electrons. The van der Waals surface area contributed by atoms with Crippen LogP contribution in [-0.2, 0) is 4.74 Å². The summed E-state index contributed by atoms with van der Waals surface area (Å²) in [4.78, 5) is 0. The fraction of sp³-hybridized carbons (Fsp3) is 0.538. The molecule has 0 heterocycles. The van der Waals surface area contributed by atoms with E-state index in [1.807, 2.05) is 30.3 Å². The van der Waals surface area contributed by atoms with Crippen LogP contribution >= 0.6 is 0 Å². The maximum atomic E-state index is 12.9. The van der Waals surface area contributed by atoms with Crippen LogP contribution in [0.3, 0.4) is 0 Å². The van der Waals surface area contributed by atoms with Crippen LogP contribution < -0.4 is 5.32 Å². The Balaban J connectivity index is 2.13. The van der Waals surface area contributed by atoms with Crippen LogP contribution in [-0.4, -0.2) is 25.4 Å². The smallest absolute Gasteiger partial charge is 0.383 e. The summed E-state index contributed by atoms with van der Waals surface area (Å²) in [5.74, 6) is 0. The molecule has 1 unspecified atom stereocenters. The van der Waals surface area contributed by atoms with Crippen molar-refractivity contribution in [2.45, 2.75) is 30.6 Å². The monoisotopic (exact) mass is 259 g/mol. The first-order valence-corrected chi connectivity index (χ1v) is 5.87. The minimum absolute atomic E-state index is 0.142. The predicted molar refractivity (Wildman–Crippen MR) is 62.2 cm³/mol. The van der Waals surface area contributed by atoms with Gasteiger partial charge >= 0.3 is 6.18 Å². The highest BCUT2D eigenvalue weighted by Crippen LogP contribution is 2.50. The fourth-order valence-corrected chi connectivity index (χ4v) is 2.04. The van der Waals surface area contributed by atoms with E-state index in [1.54, 1.807) is 0 Å². The van der Waals surface area contributed by atoms with Gasteiger partial charge in [0.25, 0.3) is 0 Å². The molecule has 2 rings (SSSR count). The van der Waals surface area contributed by atoms with Gasteiger partial charge in [-0.2, -0.15) is 13.2 Å². The number of halogens is 3. The van der Waals surface area contributed by atoms with Crippen molar-refractivity contribution in [2.24, 2.45) is 0 Å². The largest absolute Gasteiger partial charge is 0.406 e. The minimum Gasteiger partial charge on any atom is -0.383 e. The molecule has 0 bridgehead atoms. The molecule has 1 aromatic rings. The zero-order valence-corrected chi connectivity index (χ0v) is 10.1. The van der Waals surface area contributed by atoms with Gasteiger partial charge in [-0.15, -0.1) is 0 Å². The first-order valence-electron chi connectivity index (χ1n) is 5.87. The molecule has 1 N–H and O–H groups in total. The van der Waals surface area contributed by atoms with Gasteiger partial charge in [0.05, 0.1) is 12.6 Å². The third kappa shape index (κ3) is 2.67. The number of rotatable bonds is 5. The second kappa shape index (κ2) is 4.90. The van der Waals surface area contributed by atoms with Crippen LogP contribution in [0.5, 0.6) is 0 Å². The number of benzene rings is 1. The highest BCUT2D eigenvalue weighted by Gasteiger charge is 2.63. The second-order valence-electron chi connectivity index (χ2n) is 4.64. The molecule has 1 aliphatic rings. The van der Waals surface area contributed by atoms with E-state index in [9.17, 15) is 13.2 Å². The highest BCUT2D eigenvalue weighted by atomic mass is 19.4. The van der Waals surface area contributed by atoms with Crippen molar-refractivity contribution in [3.05, 3.63) is 35.9 Å². The lowest BCUT2D eigenvalue weighted by Crippen LogP contribution is -2.47. The first-order chi connectivity index (χ1) is 8.48. The molecule has 1 saturated carbocycles. The first kappa shape index (κ1) is 13.4. The molecule has 100 valence electrons. The molecule has 1 aliphatic carbocycles. The lowest BCUT2D eigenvalue weighted by atomic mass is 10.1. The van der Waals surface area contributed by atoms with Gasteiger partial charge in [-0.3, -0.25) is 5.32 Å². The molecule has 1 fully saturated rings. The Morgan fingerprint density at radius 1 is 1.28 bits per heavy atom. The summed E-state index contributed by atoms with van der Waals surface area (Å²) in [6.07, 6.45) is -3.92. The zero-order chi connectivity index (χ0) is 13.2. The van der Waals surface area contributed by atoms with Crippen molar-refractivity contribution < 1.29 is 17.9 Å². The Labute approximate surface area is 104 Å². The predicted octanol–water partition coefficient (Wildman–Crippen LogP) is 3.06. The molecule has 0 aliphatic heterocycles. The Hall–Kier alpha value is -1.07. The zero-order valence-electron chi connectivity index (χ0n) is 10.1. The Morgan fingerprint density at radius 3 is 2.33 bits per heavy atom. The molecular formula is C13H16F3NO.